The highest BCUT2D eigenvalue weighted by atomic mass is 35.5. The molecule has 0 radical (unpaired) electrons. The van der Waals surface area contributed by atoms with Gasteiger partial charge in [-0.3, -0.25) is 0 Å². The first kappa shape index (κ1) is 26.4. The fraction of sp³-hybridized carbons (Fsp3) is 0.267. The first-order valence-corrected chi connectivity index (χ1v) is 13.1. The monoisotopic (exact) mass is 544 g/mol. The molecule has 0 fully saturated rings. The molecular weight excluding hydrogens is 516 g/mol. The maximum absolute atomic E-state index is 13.2. The molecule has 1 aliphatic rings. The molecule has 0 bridgehead atoms. The second-order valence-corrected chi connectivity index (χ2v) is 10.8. The molecule has 200 valence electrons. The molecule has 5 rings (SSSR count). The number of amides is 1. The van der Waals surface area contributed by atoms with E-state index < -0.39 is 23.7 Å². The SMILES string of the molecule is CC(C)(C)OC(=O)[C@H](Cc1cc(Cl)ccc1-n1ccnn1)NC(=O)OCC1c2ccccc2-c2ccccc21. The molecule has 0 aliphatic heterocycles. The van der Waals surface area contributed by atoms with Crippen LogP contribution in [0.2, 0.25) is 5.02 Å². The van der Waals surface area contributed by atoms with Gasteiger partial charge in [0.25, 0.3) is 0 Å². The Morgan fingerprint density at radius 1 is 1.03 bits per heavy atom. The van der Waals surface area contributed by atoms with Gasteiger partial charge in [-0.25, -0.2) is 14.3 Å². The van der Waals surface area contributed by atoms with Gasteiger partial charge in [0.2, 0.25) is 0 Å². The van der Waals surface area contributed by atoms with Crippen molar-refractivity contribution in [1.82, 2.24) is 20.3 Å². The second-order valence-electron chi connectivity index (χ2n) is 10.4. The lowest BCUT2D eigenvalue weighted by Gasteiger charge is -2.25. The summed E-state index contributed by atoms with van der Waals surface area (Å²) in [5.41, 5.74) is 5.09. The van der Waals surface area contributed by atoms with E-state index in [1.165, 1.54) is 0 Å². The lowest BCUT2D eigenvalue weighted by atomic mass is 9.98. The molecule has 1 N–H and O–H groups in total. The minimum atomic E-state index is -1.03. The first-order valence-electron chi connectivity index (χ1n) is 12.7. The van der Waals surface area contributed by atoms with Gasteiger partial charge in [0.05, 0.1) is 18.1 Å². The molecule has 0 unspecified atom stereocenters. The van der Waals surface area contributed by atoms with Crippen LogP contribution in [0.3, 0.4) is 0 Å². The third-order valence-electron chi connectivity index (χ3n) is 6.46. The summed E-state index contributed by atoms with van der Waals surface area (Å²) in [6.07, 6.45) is 2.64. The van der Waals surface area contributed by atoms with Crippen molar-refractivity contribution < 1.29 is 19.1 Å². The van der Waals surface area contributed by atoms with E-state index in [4.69, 9.17) is 21.1 Å². The van der Waals surface area contributed by atoms with Crippen molar-refractivity contribution >= 4 is 23.7 Å². The third-order valence-corrected chi connectivity index (χ3v) is 6.70. The van der Waals surface area contributed by atoms with Gasteiger partial charge in [0, 0.05) is 17.4 Å². The van der Waals surface area contributed by atoms with Crippen LogP contribution < -0.4 is 5.32 Å². The summed E-state index contributed by atoms with van der Waals surface area (Å²) in [6, 6.07) is 20.4. The number of nitrogens with zero attached hydrogens (tertiary/aromatic N) is 3. The zero-order chi connectivity index (χ0) is 27.6. The lowest BCUT2D eigenvalue weighted by Crippen LogP contribution is -2.46. The van der Waals surface area contributed by atoms with Gasteiger partial charge < -0.3 is 14.8 Å². The quantitative estimate of drug-likeness (QED) is 0.299. The maximum Gasteiger partial charge on any atom is 0.407 e. The largest absolute Gasteiger partial charge is 0.458 e. The number of fused-ring (bicyclic) bond motifs is 3. The van der Waals surface area contributed by atoms with Crippen LogP contribution in [0.1, 0.15) is 43.4 Å². The van der Waals surface area contributed by atoms with Crippen LogP contribution in [0, 0.1) is 0 Å². The summed E-state index contributed by atoms with van der Waals surface area (Å²) in [5, 5.41) is 11.1. The second kappa shape index (κ2) is 10.9. The van der Waals surface area contributed by atoms with Crippen LogP contribution in [0.5, 0.6) is 0 Å². The lowest BCUT2D eigenvalue weighted by molar-refractivity contribution is -0.157. The minimum absolute atomic E-state index is 0.102. The van der Waals surface area contributed by atoms with Crippen LogP contribution in [-0.4, -0.2) is 45.3 Å². The molecular formula is C30H29ClN4O4. The third kappa shape index (κ3) is 5.96. The Bertz CT molecular complexity index is 1450. The van der Waals surface area contributed by atoms with Crippen molar-refractivity contribution in [3.63, 3.8) is 0 Å². The molecule has 1 atom stereocenters. The average Bonchev–Trinajstić information content (AvgIpc) is 3.53. The predicted molar refractivity (Wildman–Crippen MR) is 148 cm³/mol. The summed E-state index contributed by atoms with van der Waals surface area (Å²) >= 11 is 6.28. The Hall–Kier alpha value is -4.17. The van der Waals surface area contributed by atoms with Crippen molar-refractivity contribution in [2.45, 2.75) is 44.8 Å². The molecule has 4 aromatic rings. The zero-order valence-corrected chi connectivity index (χ0v) is 22.7. The van der Waals surface area contributed by atoms with Crippen LogP contribution in [0.25, 0.3) is 16.8 Å². The summed E-state index contributed by atoms with van der Waals surface area (Å²) in [6.45, 7) is 5.45. The van der Waals surface area contributed by atoms with Gasteiger partial charge in [-0.2, -0.15) is 0 Å². The van der Waals surface area contributed by atoms with Gasteiger partial charge in [0.15, 0.2) is 0 Å². The molecule has 1 aliphatic carbocycles. The summed E-state index contributed by atoms with van der Waals surface area (Å²) in [5.74, 6) is -0.685. The maximum atomic E-state index is 13.2. The number of nitrogens with one attached hydrogen (secondary N) is 1. The molecule has 0 spiro atoms. The number of ether oxygens (including phenoxy) is 2. The number of carbonyl (C=O) groups is 2. The number of hydrogen-bond donors (Lipinski definition) is 1. The number of alkyl carbamates (subject to hydrolysis) is 1. The first-order chi connectivity index (χ1) is 18.7. The van der Waals surface area contributed by atoms with E-state index in [0.717, 1.165) is 22.3 Å². The van der Waals surface area contributed by atoms with Crippen molar-refractivity contribution in [3.8, 4) is 16.8 Å². The van der Waals surface area contributed by atoms with Crippen LogP contribution in [0.4, 0.5) is 4.79 Å². The molecule has 8 nitrogen and oxygen atoms in total. The Balaban J connectivity index is 1.35. The molecule has 39 heavy (non-hydrogen) atoms. The highest BCUT2D eigenvalue weighted by Crippen LogP contribution is 2.44. The number of esters is 1. The van der Waals surface area contributed by atoms with E-state index in [-0.39, 0.29) is 18.9 Å². The minimum Gasteiger partial charge on any atom is -0.458 e. The Labute approximate surface area is 231 Å². The van der Waals surface area contributed by atoms with Gasteiger partial charge in [-0.15, -0.1) is 5.10 Å². The standard InChI is InChI=1S/C30H29ClN4O4/c1-30(2,3)39-28(36)26(17-19-16-20(31)12-13-27(19)35-15-14-32-34-35)33-29(37)38-18-25-23-10-6-4-8-21(23)22-9-5-7-11-24(22)25/h4-16,25-26H,17-18H2,1-3H3,(H,33,37)/t26-/m0/s1. The molecule has 3 aromatic carbocycles. The summed E-state index contributed by atoms with van der Waals surface area (Å²) in [7, 11) is 0. The Morgan fingerprint density at radius 2 is 1.69 bits per heavy atom. The number of benzene rings is 3. The van der Waals surface area contributed by atoms with E-state index in [2.05, 4.69) is 39.9 Å². The van der Waals surface area contributed by atoms with Crippen LogP contribution in [0.15, 0.2) is 79.1 Å². The fourth-order valence-electron chi connectivity index (χ4n) is 4.85. The molecule has 1 aromatic heterocycles. The fourth-order valence-corrected chi connectivity index (χ4v) is 5.04. The Kier molecular flexibility index (Phi) is 7.39. The molecule has 1 amide bonds. The van der Waals surface area contributed by atoms with Crippen molar-refractivity contribution in [3.05, 3.63) is 101 Å². The summed E-state index contributed by atoms with van der Waals surface area (Å²) in [4.78, 5) is 26.3. The van der Waals surface area contributed by atoms with E-state index in [1.54, 1.807) is 56.0 Å². The van der Waals surface area contributed by atoms with Gasteiger partial charge in [0.1, 0.15) is 18.2 Å². The van der Waals surface area contributed by atoms with Crippen molar-refractivity contribution in [2.24, 2.45) is 0 Å². The topological polar surface area (TPSA) is 95.3 Å². The number of halogens is 1. The molecule has 0 saturated heterocycles. The smallest absolute Gasteiger partial charge is 0.407 e. The Morgan fingerprint density at radius 3 is 2.31 bits per heavy atom. The van der Waals surface area contributed by atoms with Gasteiger partial charge >= 0.3 is 12.1 Å². The number of hydrogen-bond acceptors (Lipinski definition) is 6. The predicted octanol–water partition coefficient (Wildman–Crippen LogP) is 5.71. The van der Waals surface area contributed by atoms with Gasteiger partial charge in [-0.1, -0.05) is 65.3 Å². The normalized spacial score (nSPS) is 13.3. The molecule has 0 saturated carbocycles. The summed E-state index contributed by atoms with van der Waals surface area (Å²) < 4.78 is 12.9. The van der Waals surface area contributed by atoms with Crippen molar-refractivity contribution in [1.29, 1.82) is 0 Å². The number of aromatic nitrogens is 3. The van der Waals surface area contributed by atoms with Crippen LogP contribution in [-0.2, 0) is 20.7 Å². The van der Waals surface area contributed by atoms with E-state index >= 15 is 0 Å². The van der Waals surface area contributed by atoms with Crippen LogP contribution >= 0.6 is 11.6 Å². The highest BCUT2D eigenvalue weighted by molar-refractivity contribution is 6.30. The van der Waals surface area contributed by atoms with Gasteiger partial charge in [-0.05, 0) is 66.8 Å². The van der Waals surface area contributed by atoms with E-state index in [1.807, 2.05) is 24.3 Å². The average molecular weight is 545 g/mol. The molecule has 9 heteroatoms. The van der Waals surface area contributed by atoms with Crippen molar-refractivity contribution in [2.75, 3.05) is 6.61 Å². The highest BCUT2D eigenvalue weighted by Gasteiger charge is 2.31. The number of rotatable bonds is 7. The van der Waals surface area contributed by atoms with E-state index in [9.17, 15) is 9.59 Å². The molecule has 1 heterocycles. The zero-order valence-electron chi connectivity index (χ0n) is 21.9. The van der Waals surface area contributed by atoms with E-state index in [0.29, 0.717) is 16.3 Å². The number of carbonyl (C=O) groups excluding carboxylic acids is 2.